The molecule has 1 atom stereocenters. The summed E-state index contributed by atoms with van der Waals surface area (Å²) in [5.74, 6) is -6.40. The number of piperazine rings is 1. The zero-order chi connectivity index (χ0) is 18.6. The maximum Gasteiger partial charge on any atom is 0.307 e. The Morgan fingerprint density at radius 3 is 2.72 bits per heavy atom. The summed E-state index contributed by atoms with van der Waals surface area (Å²) >= 11 is 0. The average Bonchev–Trinajstić information content (AvgIpc) is 2.58. The summed E-state index contributed by atoms with van der Waals surface area (Å²) in [5, 5.41) is 4.68. The molecular weight excluding hydrogens is 343 g/mol. The molecule has 2 N–H and O–H groups in total. The van der Waals surface area contributed by atoms with Gasteiger partial charge >= 0.3 is 5.97 Å². The molecule has 0 bridgehead atoms. The summed E-state index contributed by atoms with van der Waals surface area (Å²) in [6.45, 7) is 0.206. The Hall–Kier alpha value is -2.62. The quantitative estimate of drug-likeness (QED) is 0.587. The first-order valence-electron chi connectivity index (χ1n) is 7.35. The van der Waals surface area contributed by atoms with Gasteiger partial charge in [0.2, 0.25) is 11.8 Å². The van der Waals surface area contributed by atoms with Crippen molar-refractivity contribution < 1.29 is 32.3 Å². The molecule has 25 heavy (non-hydrogen) atoms. The predicted octanol–water partition coefficient (Wildman–Crippen LogP) is 0.406. The Labute approximate surface area is 141 Å². The fourth-order valence-electron chi connectivity index (χ4n) is 2.41. The highest BCUT2D eigenvalue weighted by molar-refractivity contribution is 5.93. The van der Waals surface area contributed by atoms with Crippen molar-refractivity contribution >= 4 is 23.5 Å². The molecule has 10 heteroatoms. The summed E-state index contributed by atoms with van der Waals surface area (Å²) in [4.78, 5) is 36.8. The van der Waals surface area contributed by atoms with E-state index in [0.717, 1.165) is 6.07 Å². The van der Waals surface area contributed by atoms with Crippen LogP contribution in [0, 0.1) is 17.5 Å². The fourth-order valence-corrected chi connectivity index (χ4v) is 2.41. The van der Waals surface area contributed by atoms with E-state index in [4.69, 9.17) is 0 Å². The molecule has 136 valence electrons. The van der Waals surface area contributed by atoms with Gasteiger partial charge in [-0.05, 0) is 12.1 Å². The molecule has 1 heterocycles. The number of carbonyl (C=O) groups excluding carboxylic acids is 3. The van der Waals surface area contributed by atoms with Gasteiger partial charge in [0.05, 0.1) is 25.8 Å². The van der Waals surface area contributed by atoms with Crippen LogP contribution in [0.2, 0.25) is 0 Å². The van der Waals surface area contributed by atoms with Gasteiger partial charge in [-0.2, -0.15) is 0 Å². The minimum absolute atomic E-state index is 0.255. The summed E-state index contributed by atoms with van der Waals surface area (Å²) in [7, 11) is 1.17. The average molecular weight is 359 g/mol. The Kier molecular flexibility index (Phi) is 5.97. The lowest BCUT2D eigenvalue weighted by molar-refractivity contribution is -0.146. The van der Waals surface area contributed by atoms with Crippen LogP contribution in [-0.2, 0) is 19.1 Å². The molecule has 0 aromatic heterocycles. The third-order valence-electron chi connectivity index (χ3n) is 3.69. The Morgan fingerprint density at radius 1 is 1.32 bits per heavy atom. The third-order valence-corrected chi connectivity index (χ3v) is 3.69. The molecule has 0 aliphatic carbocycles. The minimum atomic E-state index is -1.70. The van der Waals surface area contributed by atoms with Gasteiger partial charge in [0.1, 0.15) is 6.04 Å². The van der Waals surface area contributed by atoms with Gasteiger partial charge in [0.15, 0.2) is 17.5 Å². The number of nitrogens with one attached hydrogen (secondary N) is 2. The highest BCUT2D eigenvalue weighted by Gasteiger charge is 2.33. The number of benzene rings is 1. The van der Waals surface area contributed by atoms with Gasteiger partial charge < -0.3 is 15.4 Å². The number of hydrogen-bond donors (Lipinski definition) is 2. The van der Waals surface area contributed by atoms with E-state index < -0.39 is 47.0 Å². The van der Waals surface area contributed by atoms with Gasteiger partial charge in [-0.1, -0.05) is 0 Å². The van der Waals surface area contributed by atoms with E-state index in [1.54, 1.807) is 0 Å². The predicted molar refractivity (Wildman–Crippen MR) is 79.9 cm³/mol. The number of nitrogens with zero attached hydrogens (tertiary/aromatic N) is 1. The van der Waals surface area contributed by atoms with Crippen molar-refractivity contribution in [2.45, 2.75) is 12.5 Å². The van der Waals surface area contributed by atoms with Crippen LogP contribution in [0.5, 0.6) is 0 Å². The van der Waals surface area contributed by atoms with Gasteiger partial charge in [0.25, 0.3) is 0 Å². The highest BCUT2D eigenvalue weighted by atomic mass is 19.2. The first kappa shape index (κ1) is 18.7. The van der Waals surface area contributed by atoms with E-state index in [0.29, 0.717) is 6.07 Å². The molecule has 0 saturated carbocycles. The molecule has 1 aromatic rings. The van der Waals surface area contributed by atoms with E-state index in [1.807, 2.05) is 0 Å². The number of ether oxygens (including phenoxy) is 1. The second kappa shape index (κ2) is 7.97. The first-order chi connectivity index (χ1) is 11.8. The monoisotopic (exact) mass is 359 g/mol. The van der Waals surface area contributed by atoms with Crippen LogP contribution in [0.4, 0.5) is 18.9 Å². The van der Waals surface area contributed by atoms with E-state index in [9.17, 15) is 27.6 Å². The standard InChI is InChI=1S/C15H16F3N3O4/c1-25-12(23)6-10-15(24)19-4-5-21(10)7-11(22)20-9-3-2-8(16)13(17)14(9)18/h2-3,10H,4-7H2,1H3,(H,19,24)(H,20,22)/t10-/m1/s1. The van der Waals surface area contributed by atoms with Gasteiger partial charge in [0, 0.05) is 13.1 Å². The number of amides is 2. The first-order valence-corrected chi connectivity index (χ1v) is 7.35. The van der Waals surface area contributed by atoms with Crippen LogP contribution in [0.1, 0.15) is 6.42 Å². The number of hydrogen-bond acceptors (Lipinski definition) is 5. The largest absolute Gasteiger partial charge is 0.469 e. The van der Waals surface area contributed by atoms with E-state index in [-0.39, 0.29) is 26.1 Å². The molecule has 1 aromatic carbocycles. The Bertz CT molecular complexity index is 699. The van der Waals surface area contributed by atoms with E-state index in [1.165, 1.54) is 12.0 Å². The van der Waals surface area contributed by atoms with Crippen LogP contribution in [0.15, 0.2) is 12.1 Å². The number of anilines is 1. The van der Waals surface area contributed by atoms with Gasteiger partial charge in [-0.15, -0.1) is 0 Å². The summed E-state index contributed by atoms with van der Waals surface area (Å²) in [6, 6.07) is 0.657. The van der Waals surface area contributed by atoms with Crippen LogP contribution >= 0.6 is 0 Å². The Balaban J connectivity index is 2.06. The molecule has 0 radical (unpaired) electrons. The maximum absolute atomic E-state index is 13.6. The lowest BCUT2D eigenvalue weighted by Crippen LogP contribution is -2.57. The number of esters is 1. The van der Waals surface area contributed by atoms with Crippen molar-refractivity contribution in [3.8, 4) is 0 Å². The van der Waals surface area contributed by atoms with Crippen molar-refractivity contribution in [3.05, 3.63) is 29.6 Å². The smallest absolute Gasteiger partial charge is 0.307 e. The maximum atomic E-state index is 13.6. The van der Waals surface area contributed by atoms with Crippen molar-refractivity contribution in [1.82, 2.24) is 10.2 Å². The lowest BCUT2D eigenvalue weighted by Gasteiger charge is -2.33. The lowest BCUT2D eigenvalue weighted by atomic mass is 10.1. The van der Waals surface area contributed by atoms with Crippen LogP contribution in [0.3, 0.4) is 0 Å². The van der Waals surface area contributed by atoms with Crippen molar-refractivity contribution in [2.24, 2.45) is 0 Å². The zero-order valence-corrected chi connectivity index (χ0v) is 13.3. The van der Waals surface area contributed by atoms with E-state index >= 15 is 0 Å². The second-order valence-corrected chi connectivity index (χ2v) is 5.33. The Morgan fingerprint density at radius 2 is 2.04 bits per heavy atom. The molecule has 0 unspecified atom stereocenters. The topological polar surface area (TPSA) is 87.7 Å². The summed E-state index contributed by atoms with van der Waals surface area (Å²) in [5.41, 5.74) is -0.519. The molecule has 1 fully saturated rings. The van der Waals surface area contributed by atoms with Crippen molar-refractivity contribution in [3.63, 3.8) is 0 Å². The van der Waals surface area contributed by atoms with Crippen LogP contribution < -0.4 is 10.6 Å². The van der Waals surface area contributed by atoms with E-state index in [2.05, 4.69) is 15.4 Å². The molecule has 7 nitrogen and oxygen atoms in total. The van der Waals surface area contributed by atoms with Crippen molar-refractivity contribution in [1.29, 1.82) is 0 Å². The molecule has 2 rings (SSSR count). The molecular formula is C15H16F3N3O4. The zero-order valence-electron chi connectivity index (χ0n) is 13.3. The SMILES string of the molecule is COC(=O)C[C@@H]1C(=O)NCCN1CC(=O)Nc1ccc(F)c(F)c1F. The van der Waals surface area contributed by atoms with Gasteiger partial charge in [-0.25, -0.2) is 13.2 Å². The number of halogens is 3. The second-order valence-electron chi connectivity index (χ2n) is 5.33. The molecule has 1 aliphatic heterocycles. The van der Waals surface area contributed by atoms with Crippen LogP contribution in [0.25, 0.3) is 0 Å². The molecule has 0 spiro atoms. The molecule has 1 aliphatic rings. The van der Waals surface area contributed by atoms with Crippen LogP contribution in [-0.4, -0.2) is 55.5 Å². The summed E-state index contributed by atoms with van der Waals surface area (Å²) in [6.07, 6.45) is -0.255. The normalized spacial score (nSPS) is 17.8. The number of methoxy groups -OCH3 is 1. The third kappa shape index (κ3) is 4.47. The van der Waals surface area contributed by atoms with Gasteiger partial charge in [-0.3, -0.25) is 19.3 Å². The molecule has 1 saturated heterocycles. The molecule has 2 amide bonds. The summed E-state index contributed by atoms with van der Waals surface area (Å²) < 4.78 is 44.2. The van der Waals surface area contributed by atoms with Crippen molar-refractivity contribution in [2.75, 3.05) is 32.1 Å². The highest BCUT2D eigenvalue weighted by Crippen LogP contribution is 2.19. The number of rotatable bonds is 5. The fraction of sp³-hybridized carbons (Fsp3) is 0.400. The number of carbonyl (C=O) groups is 3. The minimum Gasteiger partial charge on any atom is -0.469 e.